The third-order valence-electron chi connectivity index (χ3n) is 3.62. The summed E-state index contributed by atoms with van der Waals surface area (Å²) in [5.41, 5.74) is 1.09. The fraction of sp³-hybridized carbons (Fsp3) is 0.467. The molecule has 1 fully saturated rings. The first-order valence-corrected chi connectivity index (χ1v) is 10.4. The molecule has 7 heteroatoms. The molecule has 0 spiro atoms. The van der Waals surface area contributed by atoms with E-state index in [2.05, 4.69) is 71.5 Å². The summed E-state index contributed by atoms with van der Waals surface area (Å²) in [6.45, 7) is 0. The number of hydrogen-bond donors (Lipinski definition) is 0. The molecular weight excluding hydrogens is 685 g/mol. The van der Waals surface area contributed by atoms with Gasteiger partial charge in [-0.2, -0.15) is 1.33 Å². The predicted octanol–water partition coefficient (Wildman–Crippen LogP) is 4.61. The van der Waals surface area contributed by atoms with Crippen LogP contribution >= 0.6 is 45.7 Å². The smallest absolute Gasteiger partial charge is 0.0311 e. The van der Waals surface area contributed by atoms with Gasteiger partial charge in [0.2, 0.25) is 0 Å². The molecule has 1 saturated carbocycles. The monoisotopic (exact) mass is 705 g/mol. The maximum atomic E-state index is 4.26. The van der Waals surface area contributed by atoms with Gasteiger partial charge >= 0.3 is 86.9 Å². The van der Waals surface area contributed by atoms with E-state index in [1.54, 1.807) is 6.33 Å². The molecule has 0 unspecified atom stereocenters. The van der Waals surface area contributed by atoms with Gasteiger partial charge in [-0.15, -0.1) is 0 Å². The van der Waals surface area contributed by atoms with Gasteiger partial charge in [0.1, 0.15) is 0 Å². The summed E-state index contributed by atoms with van der Waals surface area (Å²) >= 11 is 7.01. The summed E-state index contributed by atoms with van der Waals surface area (Å²) in [6.07, 6.45) is 8.95. The Hall–Kier alpha value is 0.468. The number of aryl methyl sites for hydroxylation is 1. The molecule has 0 radical (unpaired) electrons. The van der Waals surface area contributed by atoms with Crippen molar-refractivity contribution >= 4 is 45.7 Å². The molecule has 0 saturated heterocycles. The summed E-state index contributed by atoms with van der Waals surface area (Å²) in [6, 6.07) is 11.0. The number of hydrogen-bond acceptors (Lipinski definition) is 2. The van der Waals surface area contributed by atoms with Crippen LogP contribution in [0.3, 0.4) is 0 Å². The molecule has 0 atom stereocenters. The largest absolute Gasteiger partial charge is 0.185 e. The number of halogens is 2. The van der Waals surface area contributed by atoms with Gasteiger partial charge in [0, 0.05) is 51.8 Å². The van der Waals surface area contributed by atoms with E-state index in [0.717, 1.165) is 15.5 Å². The Balaban J connectivity index is 0.000000172. The maximum absolute atomic E-state index is 4.26. The van der Waals surface area contributed by atoms with E-state index in [1.165, 1.54) is 32.1 Å². The van der Waals surface area contributed by atoms with Gasteiger partial charge in [-0.1, -0.05) is 19.3 Å². The van der Waals surface area contributed by atoms with Crippen molar-refractivity contribution in [2.75, 3.05) is 0 Å². The molecule has 3 rings (SSSR count). The molecule has 22 heavy (non-hydrogen) atoms. The molecule has 1 aromatic heterocycles. The standard InChI is InChI=1S/C9H9N3.C6H11I2N.Pt/c1-11-7-10-12(8-11)9-5-3-2-4-6-9;7-9(8)6-4-2-1-3-5-6;/h2-7H,1H3;6H,1-5H2;. The number of rotatable bonds is 2. The Morgan fingerprint density at radius 3 is 2.23 bits per heavy atom. The molecule has 0 aliphatic heterocycles. The van der Waals surface area contributed by atoms with Crippen LogP contribution in [0.25, 0.3) is 5.69 Å². The zero-order valence-corrected chi connectivity index (χ0v) is 19.0. The van der Waals surface area contributed by atoms with Crippen molar-refractivity contribution in [2.45, 2.75) is 38.1 Å². The van der Waals surface area contributed by atoms with Crippen molar-refractivity contribution in [2.24, 2.45) is 7.05 Å². The zero-order chi connectivity index (χ0) is 15.9. The van der Waals surface area contributed by atoms with Crippen LogP contribution in [0.2, 0.25) is 0 Å². The normalized spacial score (nSPS) is 15.5. The molecule has 0 amide bonds. The van der Waals surface area contributed by atoms with Gasteiger partial charge < -0.3 is 0 Å². The molecule has 0 N–H and O–H groups in total. The van der Waals surface area contributed by atoms with Crippen LogP contribution in [-0.2, 0) is 26.4 Å². The van der Waals surface area contributed by atoms with Crippen molar-refractivity contribution < 1.29 is 19.4 Å². The zero-order valence-electron chi connectivity index (χ0n) is 12.4. The Morgan fingerprint density at radius 1 is 1.14 bits per heavy atom. The Labute approximate surface area is 170 Å². The predicted molar refractivity (Wildman–Crippen MR) is 103 cm³/mol. The van der Waals surface area contributed by atoms with Gasteiger partial charge in [-0.05, 0) is 12.8 Å². The van der Waals surface area contributed by atoms with Gasteiger partial charge in [0.25, 0.3) is 0 Å². The maximum Gasteiger partial charge on any atom is 0.0311 e. The van der Waals surface area contributed by atoms with Crippen LogP contribution < -0.4 is 0 Å². The van der Waals surface area contributed by atoms with Crippen molar-refractivity contribution in [3.8, 4) is 5.69 Å². The summed E-state index contributed by atoms with van der Waals surface area (Å²) in [4.78, 5) is 0. The van der Waals surface area contributed by atoms with E-state index in [4.69, 9.17) is 0 Å². The van der Waals surface area contributed by atoms with Crippen molar-refractivity contribution in [3.63, 3.8) is 0 Å². The van der Waals surface area contributed by atoms with Crippen molar-refractivity contribution in [1.82, 2.24) is 15.7 Å². The number of aromatic nitrogens is 3. The summed E-state index contributed by atoms with van der Waals surface area (Å²) < 4.78 is 7.27. The second kappa shape index (κ2) is 9.69. The molecule has 124 valence electrons. The minimum Gasteiger partial charge on any atom is -0.185 e. The van der Waals surface area contributed by atoms with E-state index in [9.17, 15) is 0 Å². The van der Waals surface area contributed by atoms with Crippen molar-refractivity contribution in [1.29, 1.82) is 0 Å². The molecule has 1 aromatic carbocycles. The van der Waals surface area contributed by atoms with E-state index in [0.29, 0.717) is 0 Å². The molecule has 1 heterocycles. The van der Waals surface area contributed by atoms with Gasteiger partial charge in [-0.25, -0.2) is 0 Å². The van der Waals surface area contributed by atoms with Gasteiger partial charge in [0.15, 0.2) is 0 Å². The first kappa shape index (κ1) is 18.8. The first-order chi connectivity index (χ1) is 10.6. The van der Waals surface area contributed by atoms with Crippen LogP contribution in [0.15, 0.2) is 36.7 Å². The van der Waals surface area contributed by atoms with Gasteiger partial charge in [-0.3, -0.25) is 0 Å². The summed E-state index contributed by atoms with van der Waals surface area (Å²) in [7, 11) is 1.98. The first-order valence-electron chi connectivity index (χ1n) is 7.32. The molecule has 1 aliphatic carbocycles. The van der Waals surface area contributed by atoms with Crippen LogP contribution in [0, 0.1) is 3.80 Å². The SMILES string of the molecule is Cn1cnn(-c2ccccc2)[c]1=[Pt].IN(I)C1CCCCC1. The van der Waals surface area contributed by atoms with Crippen LogP contribution in [0.5, 0.6) is 0 Å². The molecule has 0 bridgehead atoms. The molecule has 1 aliphatic rings. The molecule has 2 aromatic rings. The topological polar surface area (TPSA) is 26.0 Å². The van der Waals surface area contributed by atoms with Crippen LogP contribution in [0.4, 0.5) is 0 Å². The van der Waals surface area contributed by atoms with E-state index in [-0.39, 0.29) is 0 Å². The third-order valence-corrected chi connectivity index (χ3v) is 6.48. The Morgan fingerprint density at radius 2 is 1.77 bits per heavy atom. The quantitative estimate of drug-likeness (QED) is 0.338. The summed E-state index contributed by atoms with van der Waals surface area (Å²) in [5.74, 6) is 0. The fourth-order valence-electron chi connectivity index (χ4n) is 2.38. The van der Waals surface area contributed by atoms with Crippen LogP contribution in [-0.4, -0.2) is 21.7 Å². The molecule has 4 nitrogen and oxygen atoms in total. The minimum absolute atomic E-state index is 0.861. The van der Waals surface area contributed by atoms with Gasteiger partial charge in [0.05, 0.1) is 0 Å². The Bertz CT molecular complexity index is 618. The second-order valence-corrected chi connectivity index (χ2v) is 10.2. The number of nitrogens with zero attached hydrogens (tertiary/aromatic N) is 4. The average molecular weight is 705 g/mol. The second-order valence-electron chi connectivity index (χ2n) is 5.28. The number of benzene rings is 1. The van der Waals surface area contributed by atoms with E-state index in [1.807, 2.05) is 46.6 Å². The number of para-hydroxylation sites is 1. The van der Waals surface area contributed by atoms with E-state index >= 15 is 0 Å². The average Bonchev–Trinajstić information content (AvgIpc) is 2.89. The van der Waals surface area contributed by atoms with E-state index < -0.39 is 0 Å². The Kier molecular flexibility index (Phi) is 8.28. The van der Waals surface area contributed by atoms with Crippen molar-refractivity contribution in [3.05, 3.63) is 40.5 Å². The fourth-order valence-corrected chi connectivity index (χ4v) is 4.05. The van der Waals surface area contributed by atoms with Crippen LogP contribution in [0.1, 0.15) is 32.1 Å². The third kappa shape index (κ3) is 5.53. The molecular formula is C15H20I2N4Pt. The minimum atomic E-state index is 0.861. The summed E-state index contributed by atoms with van der Waals surface area (Å²) in [5, 5.41) is 4.26.